The van der Waals surface area contributed by atoms with E-state index in [0.717, 1.165) is 5.82 Å². The molecule has 0 aliphatic carbocycles. The summed E-state index contributed by atoms with van der Waals surface area (Å²) >= 11 is 0. The van der Waals surface area contributed by atoms with Crippen LogP contribution >= 0.6 is 0 Å². The van der Waals surface area contributed by atoms with Gasteiger partial charge in [-0.3, -0.25) is 4.79 Å². The topological polar surface area (TPSA) is 104 Å². The number of nitrogens with zero attached hydrogens (tertiary/aromatic N) is 4. The van der Waals surface area contributed by atoms with Gasteiger partial charge in [0.05, 0.1) is 11.5 Å². The van der Waals surface area contributed by atoms with Crippen molar-refractivity contribution in [3.63, 3.8) is 0 Å². The van der Waals surface area contributed by atoms with Crippen LogP contribution in [0, 0.1) is 5.82 Å². The molecule has 2 aromatic rings. The molecule has 1 fully saturated rings. The quantitative estimate of drug-likeness (QED) is 0.659. The molecular formula is C21H24FN5O4S. The zero-order valence-electron chi connectivity index (χ0n) is 17.4. The van der Waals surface area contributed by atoms with Crippen LogP contribution < -0.4 is 10.2 Å². The summed E-state index contributed by atoms with van der Waals surface area (Å²) in [4.78, 5) is 23.8. The van der Waals surface area contributed by atoms with Crippen molar-refractivity contribution < 1.29 is 22.4 Å². The first kappa shape index (κ1) is 22.2. The van der Waals surface area contributed by atoms with Crippen molar-refractivity contribution in [2.75, 3.05) is 43.4 Å². The van der Waals surface area contributed by atoms with E-state index in [4.69, 9.17) is 4.84 Å². The molecule has 0 bridgehead atoms. The van der Waals surface area contributed by atoms with E-state index in [2.05, 4.69) is 15.5 Å². The summed E-state index contributed by atoms with van der Waals surface area (Å²) in [7, 11) is -3.51. The highest BCUT2D eigenvalue weighted by Crippen LogP contribution is 2.18. The van der Waals surface area contributed by atoms with Crippen LogP contribution in [0.3, 0.4) is 0 Å². The molecule has 2 aliphatic heterocycles. The highest BCUT2D eigenvalue weighted by Gasteiger charge is 2.30. The smallest absolute Gasteiger partial charge is 0.264 e. The average Bonchev–Trinajstić information content (AvgIpc) is 3.30. The van der Waals surface area contributed by atoms with Gasteiger partial charge in [0.15, 0.2) is 0 Å². The summed E-state index contributed by atoms with van der Waals surface area (Å²) in [5, 5.41) is 6.47. The van der Waals surface area contributed by atoms with Gasteiger partial charge in [0, 0.05) is 50.9 Å². The number of carbonyl (C=O) groups excluding carboxylic acids is 1. The van der Waals surface area contributed by atoms with Crippen LogP contribution in [-0.2, 0) is 19.7 Å². The largest absolute Gasteiger partial charge is 0.382 e. The Morgan fingerprint density at radius 2 is 1.97 bits per heavy atom. The van der Waals surface area contributed by atoms with E-state index >= 15 is 0 Å². The van der Waals surface area contributed by atoms with Gasteiger partial charge in [-0.05, 0) is 24.3 Å². The van der Waals surface area contributed by atoms with Crippen LogP contribution in [0.25, 0.3) is 0 Å². The maximum Gasteiger partial charge on any atom is 0.264 e. The Morgan fingerprint density at radius 1 is 1.16 bits per heavy atom. The first-order valence-corrected chi connectivity index (χ1v) is 11.9. The van der Waals surface area contributed by atoms with Gasteiger partial charge in [0.2, 0.25) is 16.1 Å². The van der Waals surface area contributed by atoms with E-state index in [1.54, 1.807) is 18.3 Å². The molecule has 0 saturated carbocycles. The maximum atomic E-state index is 13.4. The number of carbonyl (C=O) groups is 1. The monoisotopic (exact) mass is 461 g/mol. The molecule has 170 valence electrons. The van der Waals surface area contributed by atoms with Crippen LogP contribution in [0.2, 0.25) is 0 Å². The molecule has 1 aromatic heterocycles. The van der Waals surface area contributed by atoms with Crippen LogP contribution in [0.4, 0.5) is 10.2 Å². The third-order valence-corrected chi connectivity index (χ3v) is 7.26. The normalized spacial score (nSPS) is 19.3. The lowest BCUT2D eigenvalue weighted by atomic mass is 10.0. The number of piperazine rings is 1. The number of rotatable bonds is 7. The van der Waals surface area contributed by atoms with Crippen molar-refractivity contribution in [2.24, 2.45) is 5.16 Å². The van der Waals surface area contributed by atoms with Gasteiger partial charge in [-0.25, -0.2) is 17.8 Å². The van der Waals surface area contributed by atoms with Crippen molar-refractivity contribution in [1.82, 2.24) is 14.6 Å². The Bertz CT molecular complexity index is 1090. The van der Waals surface area contributed by atoms with Gasteiger partial charge in [0.25, 0.3) is 5.91 Å². The predicted molar refractivity (Wildman–Crippen MR) is 117 cm³/mol. The number of oxime groups is 1. The number of hydrogen-bond acceptors (Lipinski definition) is 7. The molecule has 32 heavy (non-hydrogen) atoms. The fourth-order valence-corrected chi connectivity index (χ4v) is 4.98. The molecule has 1 N–H and O–H groups in total. The van der Waals surface area contributed by atoms with E-state index in [1.807, 2.05) is 23.1 Å². The first-order valence-electron chi connectivity index (χ1n) is 10.3. The lowest BCUT2D eigenvalue weighted by Crippen LogP contribution is -2.50. The number of pyridine rings is 1. The van der Waals surface area contributed by atoms with Gasteiger partial charge in [-0.1, -0.05) is 23.4 Å². The number of halogens is 1. The molecule has 4 rings (SSSR count). The summed E-state index contributed by atoms with van der Waals surface area (Å²) in [5.41, 5.74) is 1.02. The highest BCUT2D eigenvalue weighted by atomic mass is 32.2. The van der Waals surface area contributed by atoms with E-state index in [1.165, 1.54) is 16.4 Å². The molecule has 1 unspecified atom stereocenters. The number of anilines is 1. The molecule has 1 atom stereocenters. The maximum absolute atomic E-state index is 13.4. The minimum atomic E-state index is -3.51. The molecule has 1 aromatic carbocycles. The zero-order valence-corrected chi connectivity index (χ0v) is 18.2. The minimum absolute atomic E-state index is 0.0310. The fraction of sp³-hybridized carbons (Fsp3) is 0.381. The van der Waals surface area contributed by atoms with E-state index in [9.17, 15) is 17.6 Å². The zero-order chi connectivity index (χ0) is 22.6. The van der Waals surface area contributed by atoms with Gasteiger partial charge in [-0.2, -0.15) is 4.31 Å². The number of amides is 1. The SMILES string of the molecule is O=C(NCCS(=O)(=O)N1CCN(c2ccccn2)CC1)C1CC(c2cccc(F)c2)=NO1. The molecule has 0 radical (unpaired) electrons. The van der Waals surface area contributed by atoms with Crippen molar-refractivity contribution in [1.29, 1.82) is 0 Å². The van der Waals surface area contributed by atoms with Gasteiger partial charge >= 0.3 is 0 Å². The molecular weight excluding hydrogens is 437 g/mol. The van der Waals surface area contributed by atoms with E-state index < -0.39 is 27.9 Å². The second kappa shape index (κ2) is 9.61. The average molecular weight is 462 g/mol. The number of sulfonamides is 1. The third-order valence-electron chi connectivity index (χ3n) is 5.38. The van der Waals surface area contributed by atoms with Gasteiger partial charge in [0.1, 0.15) is 11.6 Å². The molecule has 3 heterocycles. The summed E-state index contributed by atoms with van der Waals surface area (Å²) in [6, 6.07) is 11.5. The Morgan fingerprint density at radius 3 is 2.69 bits per heavy atom. The van der Waals surface area contributed by atoms with Crippen molar-refractivity contribution >= 4 is 27.5 Å². The van der Waals surface area contributed by atoms with E-state index in [-0.39, 0.29) is 18.7 Å². The fourth-order valence-electron chi connectivity index (χ4n) is 3.64. The lowest BCUT2D eigenvalue weighted by molar-refractivity contribution is -0.131. The van der Waals surface area contributed by atoms with Crippen LogP contribution in [0.1, 0.15) is 12.0 Å². The summed E-state index contributed by atoms with van der Waals surface area (Å²) in [6.45, 7) is 1.81. The molecule has 0 spiro atoms. The summed E-state index contributed by atoms with van der Waals surface area (Å²) < 4.78 is 40.1. The molecule has 2 aliphatic rings. The van der Waals surface area contributed by atoms with E-state index in [0.29, 0.717) is 37.5 Å². The Balaban J connectivity index is 1.22. The highest BCUT2D eigenvalue weighted by molar-refractivity contribution is 7.89. The van der Waals surface area contributed by atoms with Crippen molar-refractivity contribution in [2.45, 2.75) is 12.5 Å². The van der Waals surface area contributed by atoms with Crippen LogP contribution in [-0.4, -0.2) is 73.9 Å². The van der Waals surface area contributed by atoms with Gasteiger partial charge in [-0.15, -0.1) is 0 Å². The standard InChI is InChI=1S/C21H24FN5O4S/c22-17-5-3-4-16(14-17)18-15-19(31-25-18)21(28)24-8-13-32(29,30)27-11-9-26(10-12-27)20-6-1-2-7-23-20/h1-7,14,19H,8-13,15H2,(H,24,28). The van der Waals surface area contributed by atoms with Gasteiger partial charge < -0.3 is 15.1 Å². The molecule has 11 heteroatoms. The molecule has 1 saturated heterocycles. The summed E-state index contributed by atoms with van der Waals surface area (Å²) in [6.07, 6.45) is 1.04. The lowest BCUT2D eigenvalue weighted by Gasteiger charge is -2.34. The number of benzene rings is 1. The second-order valence-electron chi connectivity index (χ2n) is 7.53. The number of aromatic nitrogens is 1. The molecule has 9 nitrogen and oxygen atoms in total. The second-order valence-corrected chi connectivity index (χ2v) is 9.62. The summed E-state index contributed by atoms with van der Waals surface area (Å²) in [5.74, 6) is -0.222. The van der Waals surface area contributed by atoms with Crippen LogP contribution in [0.15, 0.2) is 53.8 Å². The Kier molecular flexibility index (Phi) is 6.66. The van der Waals surface area contributed by atoms with Crippen molar-refractivity contribution in [3.05, 3.63) is 60.0 Å². The first-order chi connectivity index (χ1) is 15.4. The predicted octanol–water partition coefficient (Wildman–Crippen LogP) is 0.982. The third kappa shape index (κ3) is 5.22. The Labute approximate surface area is 185 Å². The molecule has 1 amide bonds. The number of hydrogen-bond donors (Lipinski definition) is 1. The Hall–Kier alpha value is -3.05. The van der Waals surface area contributed by atoms with Crippen molar-refractivity contribution in [3.8, 4) is 0 Å². The minimum Gasteiger partial charge on any atom is -0.382 e. The van der Waals surface area contributed by atoms with Crippen LogP contribution in [0.5, 0.6) is 0 Å². The number of nitrogens with one attached hydrogen (secondary N) is 1.